The first-order chi connectivity index (χ1) is 15.1. The fraction of sp³-hybridized carbons (Fsp3) is 0.227. The Labute approximate surface area is 182 Å². The van der Waals surface area contributed by atoms with Gasteiger partial charge in [0.2, 0.25) is 0 Å². The molecule has 0 spiro atoms. The number of carbonyl (C=O) groups excluding carboxylic acids is 2. The third-order valence-corrected chi connectivity index (χ3v) is 4.80. The Morgan fingerprint density at radius 2 is 1.72 bits per heavy atom. The van der Waals surface area contributed by atoms with Crippen molar-refractivity contribution in [2.75, 3.05) is 0 Å². The van der Waals surface area contributed by atoms with E-state index in [1.165, 1.54) is 30.5 Å². The second-order valence-corrected chi connectivity index (χ2v) is 7.09. The Morgan fingerprint density at radius 3 is 2.34 bits per heavy atom. The predicted molar refractivity (Wildman–Crippen MR) is 110 cm³/mol. The van der Waals surface area contributed by atoms with Crippen molar-refractivity contribution < 1.29 is 27.5 Å². The van der Waals surface area contributed by atoms with Gasteiger partial charge >= 0.3 is 6.18 Å². The molecule has 0 bridgehead atoms. The Hall–Kier alpha value is -3.82. The van der Waals surface area contributed by atoms with E-state index in [1.54, 1.807) is 13.0 Å². The van der Waals surface area contributed by atoms with E-state index in [4.69, 9.17) is 4.74 Å². The van der Waals surface area contributed by atoms with E-state index in [-0.39, 0.29) is 5.56 Å². The van der Waals surface area contributed by atoms with Gasteiger partial charge in [-0.25, -0.2) is 4.68 Å². The summed E-state index contributed by atoms with van der Waals surface area (Å²) in [4.78, 5) is 24.5. The molecule has 1 unspecified atom stereocenters. The van der Waals surface area contributed by atoms with Crippen LogP contribution in [0.25, 0.3) is 5.69 Å². The highest BCUT2D eigenvalue weighted by Gasteiger charge is 2.33. The van der Waals surface area contributed by atoms with Crippen LogP contribution in [-0.2, 0) is 11.0 Å². The number of aromatic nitrogens is 2. The van der Waals surface area contributed by atoms with Crippen molar-refractivity contribution in [3.8, 4) is 11.4 Å². The van der Waals surface area contributed by atoms with Gasteiger partial charge in [-0.1, -0.05) is 12.1 Å². The maximum Gasteiger partial charge on any atom is 0.435 e. The van der Waals surface area contributed by atoms with E-state index in [0.717, 1.165) is 21.9 Å². The average Bonchev–Trinajstić information content (AvgIpc) is 3.26. The van der Waals surface area contributed by atoms with Crippen molar-refractivity contribution in [1.82, 2.24) is 20.6 Å². The van der Waals surface area contributed by atoms with Crippen LogP contribution in [0.2, 0.25) is 0 Å². The highest BCUT2D eigenvalue weighted by atomic mass is 19.4. The number of benzene rings is 2. The first kappa shape index (κ1) is 22.9. The van der Waals surface area contributed by atoms with Gasteiger partial charge < -0.3 is 4.74 Å². The molecule has 7 nitrogen and oxygen atoms in total. The molecule has 168 valence electrons. The summed E-state index contributed by atoms with van der Waals surface area (Å²) in [5.41, 5.74) is 6.04. The number of ether oxygens (including phenoxy) is 1. The van der Waals surface area contributed by atoms with Gasteiger partial charge in [0.25, 0.3) is 11.8 Å². The number of hydrogen-bond acceptors (Lipinski definition) is 4. The van der Waals surface area contributed by atoms with Gasteiger partial charge in [-0.3, -0.25) is 20.4 Å². The van der Waals surface area contributed by atoms with Crippen LogP contribution in [-0.4, -0.2) is 27.7 Å². The maximum atomic E-state index is 12.7. The smallest absolute Gasteiger partial charge is 0.435 e. The van der Waals surface area contributed by atoms with Gasteiger partial charge in [0.05, 0.1) is 5.69 Å². The lowest BCUT2D eigenvalue weighted by Crippen LogP contribution is -2.47. The topological polar surface area (TPSA) is 85.3 Å². The molecule has 2 aromatic carbocycles. The van der Waals surface area contributed by atoms with Crippen molar-refractivity contribution in [1.29, 1.82) is 0 Å². The van der Waals surface area contributed by atoms with Crippen LogP contribution >= 0.6 is 0 Å². The number of rotatable bonds is 5. The van der Waals surface area contributed by atoms with Crippen molar-refractivity contribution in [3.63, 3.8) is 0 Å². The zero-order valence-corrected chi connectivity index (χ0v) is 17.5. The van der Waals surface area contributed by atoms with E-state index in [0.29, 0.717) is 11.4 Å². The minimum Gasteiger partial charge on any atom is -0.481 e. The number of hydrogen-bond donors (Lipinski definition) is 2. The van der Waals surface area contributed by atoms with Crippen molar-refractivity contribution in [3.05, 3.63) is 77.1 Å². The minimum atomic E-state index is -4.54. The highest BCUT2D eigenvalue weighted by molar-refractivity contribution is 5.95. The van der Waals surface area contributed by atoms with E-state index in [9.17, 15) is 22.8 Å². The fourth-order valence-corrected chi connectivity index (χ4v) is 2.77. The molecule has 3 aromatic rings. The van der Waals surface area contributed by atoms with Crippen molar-refractivity contribution in [2.24, 2.45) is 0 Å². The molecule has 10 heteroatoms. The molecule has 0 radical (unpaired) electrons. The summed E-state index contributed by atoms with van der Waals surface area (Å²) >= 11 is 0. The Balaban J connectivity index is 1.57. The molecule has 0 aliphatic carbocycles. The molecular formula is C22H21F3N4O3. The molecule has 2 N–H and O–H groups in total. The normalized spacial score (nSPS) is 12.2. The molecule has 1 aromatic heterocycles. The summed E-state index contributed by atoms with van der Waals surface area (Å²) in [5.74, 6) is -0.575. The molecule has 2 amide bonds. The number of carbonyl (C=O) groups is 2. The number of halogens is 3. The first-order valence-corrected chi connectivity index (χ1v) is 9.62. The predicted octanol–water partition coefficient (Wildman–Crippen LogP) is 3.74. The number of amides is 2. The lowest BCUT2D eigenvalue weighted by molar-refractivity contribution is -0.141. The van der Waals surface area contributed by atoms with Crippen molar-refractivity contribution >= 4 is 11.8 Å². The quantitative estimate of drug-likeness (QED) is 0.585. The van der Waals surface area contributed by atoms with Crippen LogP contribution < -0.4 is 15.6 Å². The maximum absolute atomic E-state index is 12.7. The van der Waals surface area contributed by atoms with Gasteiger partial charge in [-0.2, -0.15) is 18.3 Å². The van der Waals surface area contributed by atoms with Crippen molar-refractivity contribution in [2.45, 2.75) is 33.1 Å². The lowest BCUT2D eigenvalue weighted by Gasteiger charge is -2.17. The number of alkyl halides is 3. The van der Waals surface area contributed by atoms with E-state index >= 15 is 0 Å². The van der Waals surface area contributed by atoms with Gasteiger partial charge in [0.15, 0.2) is 11.8 Å². The van der Waals surface area contributed by atoms with Crippen LogP contribution in [0.1, 0.15) is 34.1 Å². The Kier molecular flexibility index (Phi) is 6.52. The first-order valence-electron chi connectivity index (χ1n) is 9.62. The molecular weight excluding hydrogens is 425 g/mol. The van der Waals surface area contributed by atoms with E-state index < -0.39 is 29.8 Å². The van der Waals surface area contributed by atoms with Crippen LogP contribution in [0, 0.1) is 13.8 Å². The zero-order chi connectivity index (χ0) is 23.5. The van der Waals surface area contributed by atoms with E-state index in [2.05, 4.69) is 16.0 Å². The van der Waals surface area contributed by atoms with Gasteiger partial charge in [0.1, 0.15) is 5.75 Å². The Morgan fingerprint density at radius 1 is 1.03 bits per heavy atom. The second kappa shape index (κ2) is 9.13. The third kappa shape index (κ3) is 5.26. The lowest BCUT2D eigenvalue weighted by atomic mass is 10.1. The standard InChI is InChI=1S/C22H21F3N4O3/c1-13-5-4-6-18(14(13)2)32-15(3)20(30)26-27-21(31)16-7-9-17(10-8-16)29-12-11-19(28-29)22(23,24)25/h4-12,15H,1-3H3,(H,26,30)(H,27,31). The van der Waals surface area contributed by atoms with Crippen LogP contribution in [0.3, 0.4) is 0 Å². The molecule has 1 heterocycles. The Bertz CT molecular complexity index is 1120. The number of aryl methyl sites for hydroxylation is 1. The second-order valence-electron chi connectivity index (χ2n) is 7.09. The van der Waals surface area contributed by atoms with Crippen LogP contribution in [0.5, 0.6) is 5.75 Å². The average molecular weight is 446 g/mol. The summed E-state index contributed by atoms with van der Waals surface area (Å²) in [6.45, 7) is 5.37. The molecule has 32 heavy (non-hydrogen) atoms. The molecule has 0 aliphatic heterocycles. The number of nitrogens with zero attached hydrogens (tertiary/aromatic N) is 2. The molecule has 0 aliphatic rings. The molecule has 0 saturated heterocycles. The largest absolute Gasteiger partial charge is 0.481 e. The van der Waals surface area contributed by atoms with Gasteiger partial charge in [0, 0.05) is 11.8 Å². The highest BCUT2D eigenvalue weighted by Crippen LogP contribution is 2.28. The van der Waals surface area contributed by atoms with Crippen LogP contribution in [0.4, 0.5) is 13.2 Å². The molecule has 0 saturated carbocycles. The molecule has 1 atom stereocenters. The van der Waals surface area contributed by atoms with Gasteiger partial charge in [-0.15, -0.1) is 0 Å². The minimum absolute atomic E-state index is 0.195. The van der Waals surface area contributed by atoms with Crippen LogP contribution in [0.15, 0.2) is 54.7 Å². The summed E-state index contributed by atoms with van der Waals surface area (Å²) in [7, 11) is 0. The summed E-state index contributed by atoms with van der Waals surface area (Å²) < 4.78 is 44.8. The zero-order valence-electron chi connectivity index (χ0n) is 17.5. The molecule has 0 fully saturated rings. The fourth-order valence-electron chi connectivity index (χ4n) is 2.77. The third-order valence-electron chi connectivity index (χ3n) is 4.80. The molecule has 3 rings (SSSR count). The summed E-state index contributed by atoms with van der Waals surface area (Å²) in [6.07, 6.45) is -4.22. The SMILES string of the molecule is Cc1cccc(OC(C)C(=O)NNC(=O)c2ccc(-n3ccc(C(F)(F)F)n3)cc2)c1C. The van der Waals surface area contributed by atoms with Gasteiger partial charge in [-0.05, 0) is 68.3 Å². The summed E-state index contributed by atoms with van der Waals surface area (Å²) in [6, 6.07) is 12.1. The number of hydrazine groups is 1. The van der Waals surface area contributed by atoms with E-state index in [1.807, 2.05) is 26.0 Å². The number of nitrogens with one attached hydrogen (secondary N) is 2. The summed E-state index contributed by atoms with van der Waals surface area (Å²) in [5, 5.41) is 3.47. The monoisotopic (exact) mass is 446 g/mol.